The summed E-state index contributed by atoms with van der Waals surface area (Å²) in [7, 11) is -3.89. The molecule has 2 rings (SSSR count). The summed E-state index contributed by atoms with van der Waals surface area (Å²) in [6, 6.07) is 11.2. The van der Waals surface area contributed by atoms with Crippen LogP contribution in [0.4, 0.5) is 5.69 Å². The molecular weight excluding hydrogens is 497 g/mol. The Labute approximate surface area is 212 Å². The zero-order valence-corrected chi connectivity index (χ0v) is 22.3. The first-order valence-electron chi connectivity index (χ1n) is 10.9. The number of carbonyl (C=O) groups is 2. The minimum Gasteiger partial charge on any atom is -0.352 e. The van der Waals surface area contributed by atoms with Crippen molar-refractivity contribution in [3.63, 3.8) is 0 Å². The van der Waals surface area contributed by atoms with Gasteiger partial charge in [-0.1, -0.05) is 66.0 Å². The highest BCUT2D eigenvalue weighted by molar-refractivity contribution is 7.92. The SMILES string of the molecule is CC[C@@H](C)NC(=O)[C@@H](C)N(Cc1ccc(C)cc1)C(=O)CN(c1cccc(Cl)c1Cl)S(C)(=O)=O. The van der Waals surface area contributed by atoms with Crippen molar-refractivity contribution in [1.29, 1.82) is 0 Å². The number of sulfonamides is 1. The molecule has 2 aromatic rings. The highest BCUT2D eigenvalue weighted by Gasteiger charge is 2.31. The van der Waals surface area contributed by atoms with Gasteiger partial charge in [-0.05, 0) is 44.9 Å². The number of hydrogen-bond donors (Lipinski definition) is 1. The van der Waals surface area contributed by atoms with Crippen LogP contribution in [0.3, 0.4) is 0 Å². The number of nitrogens with zero attached hydrogens (tertiary/aromatic N) is 2. The molecule has 1 N–H and O–H groups in total. The lowest BCUT2D eigenvalue weighted by Gasteiger charge is -2.32. The van der Waals surface area contributed by atoms with Crippen molar-refractivity contribution >= 4 is 50.7 Å². The predicted octanol–water partition coefficient (Wildman–Crippen LogP) is 4.40. The number of halogens is 2. The molecule has 0 aliphatic rings. The highest BCUT2D eigenvalue weighted by atomic mass is 35.5. The van der Waals surface area contributed by atoms with Crippen LogP contribution < -0.4 is 9.62 Å². The van der Waals surface area contributed by atoms with E-state index < -0.39 is 28.5 Å². The van der Waals surface area contributed by atoms with Crippen LogP contribution in [0.25, 0.3) is 0 Å². The fourth-order valence-corrected chi connectivity index (χ4v) is 4.52. The van der Waals surface area contributed by atoms with Crippen molar-refractivity contribution < 1.29 is 18.0 Å². The highest BCUT2D eigenvalue weighted by Crippen LogP contribution is 2.33. The van der Waals surface area contributed by atoms with Crippen molar-refractivity contribution in [3.05, 3.63) is 63.6 Å². The first-order chi connectivity index (χ1) is 15.8. The van der Waals surface area contributed by atoms with E-state index in [2.05, 4.69) is 5.32 Å². The van der Waals surface area contributed by atoms with Gasteiger partial charge in [-0.25, -0.2) is 8.42 Å². The van der Waals surface area contributed by atoms with E-state index in [4.69, 9.17) is 23.2 Å². The molecule has 0 aromatic heterocycles. The molecule has 0 bridgehead atoms. The van der Waals surface area contributed by atoms with Crippen LogP contribution in [-0.2, 0) is 26.2 Å². The van der Waals surface area contributed by atoms with E-state index >= 15 is 0 Å². The monoisotopic (exact) mass is 527 g/mol. The van der Waals surface area contributed by atoms with Gasteiger partial charge in [0.25, 0.3) is 0 Å². The number of benzene rings is 2. The molecule has 7 nitrogen and oxygen atoms in total. The van der Waals surface area contributed by atoms with E-state index in [0.29, 0.717) is 0 Å². The minimum atomic E-state index is -3.89. The molecule has 0 aliphatic carbocycles. The van der Waals surface area contributed by atoms with Crippen molar-refractivity contribution in [2.45, 2.75) is 52.7 Å². The summed E-state index contributed by atoms with van der Waals surface area (Å²) in [4.78, 5) is 27.8. The summed E-state index contributed by atoms with van der Waals surface area (Å²) in [5.74, 6) is -0.865. The van der Waals surface area contributed by atoms with Gasteiger partial charge < -0.3 is 10.2 Å². The molecule has 0 unspecified atom stereocenters. The lowest BCUT2D eigenvalue weighted by Crippen LogP contribution is -2.52. The predicted molar refractivity (Wildman–Crippen MR) is 138 cm³/mol. The smallest absolute Gasteiger partial charge is 0.244 e. The molecule has 0 radical (unpaired) electrons. The van der Waals surface area contributed by atoms with Crippen LogP contribution >= 0.6 is 23.2 Å². The molecule has 0 fully saturated rings. The largest absolute Gasteiger partial charge is 0.352 e. The Hall–Kier alpha value is -2.29. The first-order valence-corrected chi connectivity index (χ1v) is 13.5. The fraction of sp³-hybridized carbons (Fsp3) is 0.417. The molecule has 0 saturated heterocycles. The summed E-state index contributed by atoms with van der Waals surface area (Å²) in [5, 5.41) is 3.08. The zero-order chi connectivity index (χ0) is 25.6. The van der Waals surface area contributed by atoms with E-state index in [1.807, 2.05) is 45.0 Å². The molecule has 34 heavy (non-hydrogen) atoms. The Bertz CT molecular complexity index is 1120. The maximum Gasteiger partial charge on any atom is 0.244 e. The quantitative estimate of drug-likeness (QED) is 0.495. The lowest BCUT2D eigenvalue weighted by molar-refractivity contribution is -0.139. The van der Waals surface area contributed by atoms with Gasteiger partial charge in [0.2, 0.25) is 21.8 Å². The third-order valence-corrected chi connectivity index (χ3v) is 7.46. The Kier molecular flexibility index (Phi) is 9.79. The topological polar surface area (TPSA) is 86.8 Å². The Balaban J connectivity index is 2.42. The third kappa shape index (κ3) is 7.35. The van der Waals surface area contributed by atoms with Gasteiger partial charge >= 0.3 is 0 Å². The van der Waals surface area contributed by atoms with E-state index in [1.54, 1.807) is 13.0 Å². The number of anilines is 1. The molecular formula is C24H31Cl2N3O4S. The molecule has 2 amide bonds. The van der Waals surface area contributed by atoms with E-state index in [9.17, 15) is 18.0 Å². The van der Waals surface area contributed by atoms with E-state index in [1.165, 1.54) is 17.0 Å². The average Bonchev–Trinajstić information content (AvgIpc) is 2.77. The van der Waals surface area contributed by atoms with Crippen LogP contribution in [0.5, 0.6) is 0 Å². The molecule has 2 atom stereocenters. The lowest BCUT2D eigenvalue weighted by atomic mass is 10.1. The molecule has 10 heteroatoms. The second-order valence-corrected chi connectivity index (χ2v) is 11.0. The maximum atomic E-state index is 13.5. The third-order valence-electron chi connectivity index (χ3n) is 5.52. The number of carbonyl (C=O) groups excluding carboxylic acids is 2. The number of rotatable bonds is 10. The van der Waals surface area contributed by atoms with Crippen molar-refractivity contribution in [1.82, 2.24) is 10.2 Å². The Morgan fingerprint density at radius 1 is 1.06 bits per heavy atom. The number of hydrogen-bond acceptors (Lipinski definition) is 4. The van der Waals surface area contributed by atoms with Gasteiger partial charge in [0.1, 0.15) is 12.6 Å². The van der Waals surface area contributed by atoms with E-state index in [-0.39, 0.29) is 34.2 Å². The van der Waals surface area contributed by atoms with Crippen LogP contribution in [0.1, 0.15) is 38.3 Å². The summed E-state index contributed by atoms with van der Waals surface area (Å²) in [5.41, 5.74) is 1.97. The average molecular weight is 529 g/mol. The van der Waals surface area contributed by atoms with Crippen LogP contribution in [0, 0.1) is 6.92 Å². The summed E-state index contributed by atoms with van der Waals surface area (Å²) >= 11 is 12.3. The summed E-state index contributed by atoms with van der Waals surface area (Å²) in [6.45, 7) is 7.00. The number of nitrogens with one attached hydrogen (secondary N) is 1. The molecule has 186 valence electrons. The first kappa shape index (κ1) is 28.0. The minimum absolute atomic E-state index is 0.0232. The van der Waals surface area contributed by atoms with Crippen LogP contribution in [0.15, 0.2) is 42.5 Å². The summed E-state index contributed by atoms with van der Waals surface area (Å²) in [6.07, 6.45) is 1.72. The van der Waals surface area contributed by atoms with Gasteiger partial charge in [-0.3, -0.25) is 13.9 Å². The second kappa shape index (κ2) is 11.9. The van der Waals surface area contributed by atoms with Gasteiger partial charge in [0.05, 0.1) is 22.0 Å². The van der Waals surface area contributed by atoms with Crippen molar-refractivity contribution in [2.24, 2.45) is 0 Å². The van der Waals surface area contributed by atoms with Gasteiger partial charge in [0, 0.05) is 12.6 Å². The molecule has 0 saturated carbocycles. The molecule has 0 heterocycles. The van der Waals surface area contributed by atoms with E-state index in [0.717, 1.165) is 28.1 Å². The Morgan fingerprint density at radius 3 is 2.24 bits per heavy atom. The normalized spacial score (nSPS) is 13.1. The van der Waals surface area contributed by atoms with Crippen molar-refractivity contribution in [2.75, 3.05) is 17.1 Å². The molecule has 2 aromatic carbocycles. The van der Waals surface area contributed by atoms with Gasteiger partial charge in [0.15, 0.2) is 0 Å². The zero-order valence-electron chi connectivity index (χ0n) is 20.0. The van der Waals surface area contributed by atoms with Crippen LogP contribution in [-0.4, -0.2) is 50.0 Å². The Morgan fingerprint density at radius 2 is 1.68 bits per heavy atom. The molecule has 0 aliphatic heterocycles. The van der Waals surface area contributed by atoms with Gasteiger partial charge in [-0.15, -0.1) is 0 Å². The standard InChI is InChI=1S/C24H31Cl2N3O4S/c1-6-17(3)27-24(31)18(4)28(14-19-12-10-16(2)11-13-19)22(30)15-29(34(5,32)33)21-9-7-8-20(25)23(21)26/h7-13,17-18H,6,14-15H2,1-5H3,(H,27,31)/t17-,18-/m1/s1. The maximum absolute atomic E-state index is 13.5. The van der Waals surface area contributed by atoms with Gasteiger partial charge in [-0.2, -0.15) is 0 Å². The number of amides is 2. The van der Waals surface area contributed by atoms with Crippen LogP contribution in [0.2, 0.25) is 10.0 Å². The van der Waals surface area contributed by atoms with Crippen molar-refractivity contribution in [3.8, 4) is 0 Å². The number of aryl methyl sites for hydroxylation is 1. The molecule has 0 spiro atoms. The second-order valence-electron chi connectivity index (χ2n) is 8.34. The fourth-order valence-electron chi connectivity index (χ4n) is 3.22. The summed E-state index contributed by atoms with van der Waals surface area (Å²) < 4.78 is 26.1.